The number of hydrogen-bond donors (Lipinski definition) is 3. The molecule has 5 nitrogen and oxygen atoms in total. The van der Waals surface area contributed by atoms with Gasteiger partial charge < -0.3 is 16.2 Å². The van der Waals surface area contributed by atoms with Gasteiger partial charge in [0.1, 0.15) is 6.04 Å². The lowest BCUT2D eigenvalue weighted by Crippen LogP contribution is -2.33. The van der Waals surface area contributed by atoms with Crippen molar-refractivity contribution in [3.8, 4) is 0 Å². The van der Waals surface area contributed by atoms with Gasteiger partial charge in [-0.2, -0.15) is 0 Å². The molecule has 0 rings (SSSR count). The molecule has 1 unspecified atom stereocenters. The number of aliphatic imine (C=N–C) groups is 1. The monoisotopic (exact) mass is 171 g/mol. The zero-order valence-electron chi connectivity index (χ0n) is 6.90. The van der Waals surface area contributed by atoms with Crippen LogP contribution in [0.2, 0.25) is 0 Å². The normalized spacial score (nSPS) is 15.8. The summed E-state index contributed by atoms with van der Waals surface area (Å²) < 4.78 is 0. The van der Waals surface area contributed by atoms with Crippen molar-refractivity contribution in [3.63, 3.8) is 0 Å². The highest BCUT2D eigenvalue weighted by atomic mass is 16.4. The van der Waals surface area contributed by atoms with Crippen LogP contribution in [0.25, 0.3) is 0 Å². The molecule has 12 heavy (non-hydrogen) atoms. The topological polar surface area (TPSA) is 99.5 Å². The largest absolute Gasteiger partial charge is 0.480 e. The molecule has 0 aromatic carbocycles. The molecule has 4 N–H and O–H groups in total. The Morgan fingerprint density at radius 2 is 2.42 bits per heavy atom. The third-order valence-corrected chi connectivity index (χ3v) is 1.35. The predicted molar refractivity (Wildman–Crippen MR) is 47.0 cm³/mol. The Kier molecular flexibility index (Phi) is 4.87. The number of carboxylic acid groups (broad SMARTS) is 1. The molecule has 0 aliphatic carbocycles. The summed E-state index contributed by atoms with van der Waals surface area (Å²) in [4.78, 5) is 14.2. The van der Waals surface area contributed by atoms with E-state index in [4.69, 9.17) is 16.2 Å². The van der Waals surface area contributed by atoms with Crippen LogP contribution < -0.4 is 5.73 Å². The number of carboxylic acids is 1. The molecule has 0 spiro atoms. The van der Waals surface area contributed by atoms with E-state index in [1.165, 1.54) is 6.21 Å². The Morgan fingerprint density at radius 3 is 2.75 bits per heavy atom. The maximum absolute atomic E-state index is 10.3. The molecule has 0 aliphatic heterocycles. The summed E-state index contributed by atoms with van der Waals surface area (Å²) in [5.41, 5.74) is 5.25. The van der Waals surface area contributed by atoms with Crippen molar-refractivity contribution in [1.82, 2.24) is 0 Å². The van der Waals surface area contributed by atoms with E-state index in [9.17, 15) is 4.79 Å². The molecule has 0 fully saturated rings. The summed E-state index contributed by atoms with van der Waals surface area (Å²) in [6.45, 7) is 1.71. The molecular weight excluding hydrogens is 158 g/mol. The molecule has 2 atom stereocenters. The molecule has 0 saturated heterocycles. The first-order chi connectivity index (χ1) is 5.61. The fraction of sp³-hybridized carbons (Fsp3) is 0.571. The van der Waals surface area contributed by atoms with Crippen LogP contribution in [0.15, 0.2) is 4.99 Å². The predicted octanol–water partition coefficient (Wildman–Crippen LogP) is -0.103. The molecular formula is C7H13N3O2. The fourth-order valence-electron chi connectivity index (χ4n) is 0.724. The molecule has 0 saturated carbocycles. The maximum atomic E-state index is 10.3. The van der Waals surface area contributed by atoms with Crippen molar-refractivity contribution >= 4 is 18.4 Å². The maximum Gasteiger partial charge on any atom is 0.320 e. The van der Waals surface area contributed by atoms with Gasteiger partial charge in [-0.05, 0) is 13.1 Å². The highest BCUT2D eigenvalue weighted by Crippen LogP contribution is 1.98. The summed E-state index contributed by atoms with van der Waals surface area (Å²) in [6.07, 6.45) is 2.79. The zero-order valence-corrected chi connectivity index (χ0v) is 6.90. The average Bonchev–Trinajstić information content (AvgIpc) is 2.03. The van der Waals surface area contributed by atoms with Gasteiger partial charge in [-0.1, -0.05) is 0 Å². The first kappa shape index (κ1) is 10.8. The highest BCUT2D eigenvalue weighted by Gasteiger charge is 2.15. The van der Waals surface area contributed by atoms with Crippen molar-refractivity contribution in [2.75, 3.05) is 0 Å². The molecule has 0 aliphatic rings. The molecule has 0 aromatic heterocycles. The van der Waals surface area contributed by atoms with Crippen LogP contribution in [-0.2, 0) is 4.79 Å². The SMILES string of the molecule is CC=NC(C=N)C[C@H](N)C(=O)O. The number of aliphatic carboxylic acids is 1. The minimum absolute atomic E-state index is 0.170. The van der Waals surface area contributed by atoms with Crippen LogP contribution >= 0.6 is 0 Å². The zero-order chi connectivity index (χ0) is 9.56. The van der Waals surface area contributed by atoms with E-state index in [2.05, 4.69) is 4.99 Å². The molecule has 0 aromatic rings. The number of rotatable bonds is 5. The van der Waals surface area contributed by atoms with Gasteiger partial charge in [-0.3, -0.25) is 9.79 Å². The fourth-order valence-corrected chi connectivity index (χ4v) is 0.724. The molecule has 0 heterocycles. The van der Waals surface area contributed by atoms with E-state index in [0.717, 1.165) is 6.21 Å². The lowest BCUT2D eigenvalue weighted by atomic mass is 10.1. The second-order valence-electron chi connectivity index (χ2n) is 2.32. The average molecular weight is 171 g/mol. The van der Waals surface area contributed by atoms with Crippen LogP contribution in [-0.4, -0.2) is 35.6 Å². The van der Waals surface area contributed by atoms with Crippen LogP contribution in [0, 0.1) is 5.41 Å². The van der Waals surface area contributed by atoms with Gasteiger partial charge in [0.2, 0.25) is 0 Å². The van der Waals surface area contributed by atoms with Gasteiger partial charge in [-0.15, -0.1) is 0 Å². The first-order valence-electron chi connectivity index (χ1n) is 3.58. The van der Waals surface area contributed by atoms with E-state index in [-0.39, 0.29) is 6.42 Å². The Morgan fingerprint density at radius 1 is 1.83 bits per heavy atom. The van der Waals surface area contributed by atoms with E-state index >= 15 is 0 Å². The lowest BCUT2D eigenvalue weighted by Gasteiger charge is -2.09. The van der Waals surface area contributed by atoms with E-state index in [0.29, 0.717) is 0 Å². The van der Waals surface area contributed by atoms with Crippen molar-refractivity contribution in [2.45, 2.75) is 25.4 Å². The lowest BCUT2D eigenvalue weighted by molar-refractivity contribution is -0.138. The number of carbonyl (C=O) groups is 1. The van der Waals surface area contributed by atoms with Crippen LogP contribution in [0.3, 0.4) is 0 Å². The Bertz CT molecular complexity index is 191. The third kappa shape index (κ3) is 3.82. The molecule has 68 valence electrons. The third-order valence-electron chi connectivity index (χ3n) is 1.35. The second kappa shape index (κ2) is 5.42. The van der Waals surface area contributed by atoms with Gasteiger partial charge in [0, 0.05) is 12.6 Å². The highest BCUT2D eigenvalue weighted by molar-refractivity contribution is 5.75. The standard InChI is InChI=1S/C7H13N3O2/c1-2-10-5(4-8)3-6(9)7(11)12/h2,4-6,8H,3,9H2,1H3,(H,11,12)/t5?,6-/m0/s1. The van der Waals surface area contributed by atoms with Gasteiger partial charge in [-0.25, -0.2) is 0 Å². The van der Waals surface area contributed by atoms with Crippen molar-refractivity contribution < 1.29 is 9.90 Å². The number of nitrogens with one attached hydrogen (secondary N) is 1. The summed E-state index contributed by atoms with van der Waals surface area (Å²) >= 11 is 0. The molecule has 0 radical (unpaired) electrons. The minimum atomic E-state index is -1.06. The number of hydrogen-bond acceptors (Lipinski definition) is 4. The Hall–Kier alpha value is -1.23. The molecule has 0 bridgehead atoms. The van der Waals surface area contributed by atoms with Crippen LogP contribution in [0.5, 0.6) is 0 Å². The van der Waals surface area contributed by atoms with Gasteiger partial charge in [0.05, 0.1) is 6.04 Å². The van der Waals surface area contributed by atoms with E-state index in [1.54, 1.807) is 6.92 Å². The summed E-state index contributed by atoms with van der Waals surface area (Å²) in [5, 5.41) is 15.4. The first-order valence-corrected chi connectivity index (χ1v) is 3.58. The van der Waals surface area contributed by atoms with Crippen molar-refractivity contribution in [2.24, 2.45) is 10.7 Å². The summed E-state index contributed by atoms with van der Waals surface area (Å²) in [7, 11) is 0. The van der Waals surface area contributed by atoms with E-state index < -0.39 is 18.1 Å². The smallest absolute Gasteiger partial charge is 0.320 e. The number of nitrogens with zero attached hydrogens (tertiary/aromatic N) is 1. The van der Waals surface area contributed by atoms with Crippen LogP contribution in [0.4, 0.5) is 0 Å². The second-order valence-corrected chi connectivity index (χ2v) is 2.32. The van der Waals surface area contributed by atoms with Gasteiger partial charge in [0.15, 0.2) is 0 Å². The van der Waals surface area contributed by atoms with Crippen LogP contribution in [0.1, 0.15) is 13.3 Å². The van der Waals surface area contributed by atoms with Gasteiger partial charge >= 0.3 is 5.97 Å². The number of nitrogens with two attached hydrogens (primary N) is 1. The quantitative estimate of drug-likeness (QED) is 0.503. The summed E-state index contributed by atoms with van der Waals surface area (Å²) in [5.74, 6) is -1.06. The van der Waals surface area contributed by atoms with Crippen molar-refractivity contribution in [1.29, 1.82) is 5.41 Å². The molecule has 0 amide bonds. The van der Waals surface area contributed by atoms with Gasteiger partial charge in [0.25, 0.3) is 0 Å². The van der Waals surface area contributed by atoms with Crippen molar-refractivity contribution in [3.05, 3.63) is 0 Å². The molecule has 5 heteroatoms. The Balaban J connectivity index is 4.01. The summed E-state index contributed by atoms with van der Waals surface area (Å²) in [6, 6.07) is -1.36. The van der Waals surface area contributed by atoms with E-state index in [1.807, 2.05) is 0 Å². The Labute approximate surface area is 70.8 Å². The minimum Gasteiger partial charge on any atom is -0.480 e.